The fraction of sp³-hybridized carbons (Fsp3) is 0.200. The molecular formula is C40H30N8+2. The quantitative estimate of drug-likeness (QED) is 0.223. The topological polar surface area (TPSA) is 65.3 Å². The van der Waals surface area contributed by atoms with Gasteiger partial charge in [0.05, 0.1) is 22.3 Å². The molecule has 0 N–H and O–H groups in total. The summed E-state index contributed by atoms with van der Waals surface area (Å²) in [6.45, 7) is 8.77. The molecule has 0 amide bonds. The van der Waals surface area contributed by atoms with Gasteiger partial charge in [0.2, 0.25) is 22.6 Å². The summed E-state index contributed by atoms with van der Waals surface area (Å²) in [5.41, 5.74) is 11.3. The van der Waals surface area contributed by atoms with Gasteiger partial charge in [-0.25, -0.2) is 0 Å². The van der Waals surface area contributed by atoms with Gasteiger partial charge >= 0.3 is 5.91 Å². The molecule has 8 heterocycles. The molecule has 0 unspecified atom stereocenters. The maximum atomic E-state index is 5.60. The van der Waals surface area contributed by atoms with Gasteiger partial charge in [-0.1, -0.05) is 75.6 Å². The largest absolute Gasteiger partial charge is 0.404 e. The van der Waals surface area contributed by atoms with Gasteiger partial charge in [-0.15, -0.1) is 9.15 Å². The zero-order chi connectivity index (χ0) is 31.8. The first-order valence-electron chi connectivity index (χ1n) is 17.0. The first kappa shape index (κ1) is 25.3. The number of benzene rings is 4. The third-order valence-electron chi connectivity index (χ3n) is 11.1. The molecule has 6 aliphatic heterocycles. The Labute approximate surface area is 275 Å². The van der Waals surface area contributed by atoms with Crippen molar-refractivity contribution < 1.29 is 9.15 Å². The van der Waals surface area contributed by atoms with Crippen molar-refractivity contribution in [1.82, 2.24) is 9.13 Å². The zero-order valence-electron chi connectivity index (χ0n) is 27.1. The fourth-order valence-electron chi connectivity index (χ4n) is 9.07. The zero-order valence-corrected chi connectivity index (χ0v) is 27.1. The standard InChI is InChI=1S/C40H30N8/c1-5-7-23-11-15-27-31(19-23)39-44-34-26-14-10-22(6-2)18-30(26)38-43-33-25-13-9-21(4)17-29(25)36-41-32-24-12-8-20(3)16-28(24)37-42-35(27)48(39)40(45(32)37,46(33)36)47(34)38/h8-19H,5-7H2,1-4H3/q+2/t40-/m0/s1. The van der Waals surface area contributed by atoms with Crippen molar-refractivity contribution in [2.24, 2.45) is 20.0 Å². The summed E-state index contributed by atoms with van der Waals surface area (Å²) in [5, 5.41) is 4.46. The van der Waals surface area contributed by atoms with Crippen molar-refractivity contribution in [2.45, 2.75) is 52.9 Å². The van der Waals surface area contributed by atoms with Crippen LogP contribution in [0.2, 0.25) is 0 Å². The van der Waals surface area contributed by atoms with E-state index in [1.165, 1.54) is 22.3 Å². The SMILES string of the molecule is CCCc1ccc2c3n4c(c2c1)N=C1c2ccc(CC)cc2C2=[N+]1[C@]41n4c(c5ccc(C)cc5c4=NC4=[N+]1C(=N3)c1cc(C)ccc14)=N2. The third-order valence-corrected chi connectivity index (χ3v) is 11.1. The van der Waals surface area contributed by atoms with E-state index < -0.39 is 5.91 Å². The van der Waals surface area contributed by atoms with Gasteiger partial charge in [0.25, 0.3) is 23.3 Å². The lowest BCUT2D eigenvalue weighted by Crippen LogP contribution is -2.71. The number of aryl methyl sites for hydroxylation is 4. The molecule has 228 valence electrons. The number of hydrogen-bond acceptors (Lipinski definition) is 4. The highest BCUT2D eigenvalue weighted by atomic mass is 15.7. The number of aromatic nitrogens is 2. The van der Waals surface area contributed by atoms with Crippen LogP contribution < -0.4 is 11.0 Å². The lowest BCUT2D eigenvalue weighted by Gasteiger charge is -2.40. The van der Waals surface area contributed by atoms with Crippen molar-refractivity contribution in [1.29, 1.82) is 0 Å². The van der Waals surface area contributed by atoms with Gasteiger partial charge in [0, 0.05) is 21.5 Å². The minimum Gasteiger partial charge on any atom is -0.192 e. The van der Waals surface area contributed by atoms with Crippen molar-refractivity contribution in [2.75, 3.05) is 0 Å². The Morgan fingerprint density at radius 3 is 2.04 bits per heavy atom. The molecule has 1 spiro atoms. The fourth-order valence-corrected chi connectivity index (χ4v) is 9.07. The lowest BCUT2D eigenvalue weighted by molar-refractivity contribution is -0.790. The Balaban J connectivity index is 1.38. The second-order valence-corrected chi connectivity index (χ2v) is 13.9. The van der Waals surface area contributed by atoms with E-state index in [2.05, 4.69) is 119 Å². The van der Waals surface area contributed by atoms with Crippen LogP contribution in [-0.4, -0.2) is 41.6 Å². The Morgan fingerprint density at radius 2 is 1.23 bits per heavy atom. The van der Waals surface area contributed by atoms with E-state index in [0.29, 0.717) is 0 Å². The summed E-state index contributed by atoms with van der Waals surface area (Å²) >= 11 is 0. The number of hydrogen-bond donors (Lipinski definition) is 0. The van der Waals surface area contributed by atoms with Gasteiger partial charge < -0.3 is 0 Å². The summed E-state index contributed by atoms with van der Waals surface area (Å²) in [5.74, 6) is 4.58. The van der Waals surface area contributed by atoms with Gasteiger partial charge in [-0.05, 0) is 86.3 Å². The highest BCUT2D eigenvalue weighted by molar-refractivity contribution is 6.20. The lowest BCUT2D eigenvalue weighted by atomic mass is 10.0. The average molecular weight is 623 g/mol. The summed E-state index contributed by atoms with van der Waals surface area (Å²) in [6, 6.07) is 27.1. The average Bonchev–Trinajstić information content (AvgIpc) is 3.80. The molecule has 4 aromatic carbocycles. The number of nitrogens with zero attached hydrogens (tertiary/aromatic N) is 8. The Hall–Kier alpha value is -5.76. The van der Waals surface area contributed by atoms with Crippen LogP contribution in [0.5, 0.6) is 0 Å². The minimum atomic E-state index is -0.952. The molecule has 1 atom stereocenters. The van der Waals surface area contributed by atoms with E-state index in [1.807, 2.05) is 0 Å². The highest BCUT2D eigenvalue weighted by Crippen LogP contribution is 2.52. The molecule has 48 heavy (non-hydrogen) atoms. The molecule has 6 aromatic rings. The second-order valence-electron chi connectivity index (χ2n) is 13.9. The molecule has 0 saturated heterocycles. The van der Waals surface area contributed by atoms with E-state index in [1.54, 1.807) is 0 Å². The third kappa shape index (κ3) is 2.57. The molecule has 8 heteroatoms. The predicted molar refractivity (Wildman–Crippen MR) is 186 cm³/mol. The van der Waals surface area contributed by atoms with Crippen LogP contribution in [0.15, 0.2) is 92.8 Å². The number of amidine groups is 4. The van der Waals surface area contributed by atoms with Crippen LogP contribution in [0.3, 0.4) is 0 Å². The van der Waals surface area contributed by atoms with E-state index in [4.69, 9.17) is 20.0 Å². The number of aliphatic imine (C=N–C) groups is 2. The Kier molecular flexibility index (Phi) is 4.24. The van der Waals surface area contributed by atoms with Crippen molar-refractivity contribution in [3.63, 3.8) is 0 Å². The summed E-state index contributed by atoms with van der Waals surface area (Å²) in [4.78, 5) is 22.3. The molecule has 12 rings (SSSR count). The van der Waals surface area contributed by atoms with Crippen molar-refractivity contribution in [3.8, 4) is 0 Å². The first-order chi connectivity index (χ1) is 23.5. The molecule has 0 bridgehead atoms. The molecule has 0 fully saturated rings. The second kappa shape index (κ2) is 8.02. The van der Waals surface area contributed by atoms with E-state index in [9.17, 15) is 0 Å². The minimum absolute atomic E-state index is 0.914. The van der Waals surface area contributed by atoms with Crippen LogP contribution in [-0.2, 0) is 18.8 Å². The van der Waals surface area contributed by atoms with Crippen LogP contribution >= 0.6 is 0 Å². The predicted octanol–water partition coefficient (Wildman–Crippen LogP) is 5.84. The normalized spacial score (nSPS) is 19.6. The van der Waals surface area contributed by atoms with Crippen LogP contribution in [0.4, 0.5) is 11.6 Å². The number of rotatable bonds is 3. The molecular weight excluding hydrogens is 592 g/mol. The van der Waals surface area contributed by atoms with E-state index >= 15 is 0 Å². The van der Waals surface area contributed by atoms with Crippen LogP contribution in [0, 0.1) is 13.8 Å². The summed E-state index contributed by atoms with van der Waals surface area (Å²) < 4.78 is 9.56. The van der Waals surface area contributed by atoms with Crippen molar-refractivity contribution >= 4 is 56.5 Å². The highest BCUT2D eigenvalue weighted by Gasteiger charge is 2.69. The molecule has 6 aliphatic rings. The number of fused-ring (bicyclic) bond motifs is 12. The smallest absolute Gasteiger partial charge is 0.192 e. The Bertz CT molecular complexity index is 2910. The maximum Gasteiger partial charge on any atom is 0.404 e. The van der Waals surface area contributed by atoms with Gasteiger partial charge in [-0.3, -0.25) is 0 Å². The van der Waals surface area contributed by atoms with Crippen LogP contribution in [0.1, 0.15) is 64.8 Å². The molecule has 2 aromatic heterocycles. The van der Waals surface area contributed by atoms with Gasteiger partial charge in [0.1, 0.15) is 0 Å². The summed E-state index contributed by atoms with van der Waals surface area (Å²) in [6.07, 6.45) is 3.05. The monoisotopic (exact) mass is 622 g/mol. The molecule has 0 radical (unpaired) electrons. The van der Waals surface area contributed by atoms with Crippen molar-refractivity contribution in [3.05, 3.63) is 128 Å². The molecule has 8 nitrogen and oxygen atoms in total. The summed E-state index contributed by atoms with van der Waals surface area (Å²) in [7, 11) is 0. The van der Waals surface area contributed by atoms with Gasteiger partial charge in [-0.2, -0.15) is 9.13 Å². The van der Waals surface area contributed by atoms with Gasteiger partial charge in [0.15, 0.2) is 0 Å². The maximum absolute atomic E-state index is 5.60. The van der Waals surface area contributed by atoms with E-state index in [-0.39, 0.29) is 0 Å². The molecule has 0 saturated carbocycles. The first-order valence-corrected chi connectivity index (χ1v) is 17.0. The Morgan fingerprint density at radius 1 is 0.562 bits per heavy atom. The van der Waals surface area contributed by atoms with E-state index in [0.717, 1.165) is 109 Å². The molecule has 0 aliphatic carbocycles. The van der Waals surface area contributed by atoms with Crippen LogP contribution in [0.25, 0.3) is 21.5 Å².